The van der Waals surface area contributed by atoms with Gasteiger partial charge in [-0.1, -0.05) is 42.0 Å². The van der Waals surface area contributed by atoms with Gasteiger partial charge in [-0.25, -0.2) is 0 Å². The predicted molar refractivity (Wildman–Crippen MR) is 134 cm³/mol. The Kier molecular flexibility index (Phi) is 7.44. The normalized spacial score (nSPS) is 11.1. The van der Waals surface area contributed by atoms with Crippen molar-refractivity contribution in [1.82, 2.24) is 0 Å². The Morgan fingerprint density at radius 1 is 1.13 bits per heavy atom. The van der Waals surface area contributed by atoms with Crippen molar-refractivity contribution in [2.24, 2.45) is 0 Å². The first kappa shape index (κ1) is 22.2. The molecular weight excluding hydrogens is 606 g/mol. The van der Waals surface area contributed by atoms with Crippen LogP contribution >= 0.6 is 45.2 Å². The third-order valence-electron chi connectivity index (χ3n) is 4.32. The van der Waals surface area contributed by atoms with E-state index >= 15 is 0 Å². The van der Waals surface area contributed by atoms with Gasteiger partial charge in [0, 0.05) is 12.1 Å². The van der Waals surface area contributed by atoms with E-state index < -0.39 is 4.92 Å². The Hall–Kier alpha value is -2.45. The lowest BCUT2D eigenvalue weighted by molar-refractivity contribution is -0.384. The van der Waals surface area contributed by atoms with Crippen LogP contribution in [0.4, 0.5) is 5.69 Å². The molecule has 0 bridgehead atoms. The molecule has 150 valence electrons. The third kappa shape index (κ3) is 5.58. The monoisotopic (exact) mass is 622 g/mol. The van der Waals surface area contributed by atoms with Gasteiger partial charge in [0.25, 0.3) is 5.69 Å². The molecule has 3 rings (SSSR count). The van der Waals surface area contributed by atoms with E-state index in [0.717, 1.165) is 29.4 Å². The summed E-state index contributed by atoms with van der Waals surface area (Å²) in [4.78, 5) is 10.5. The maximum Gasteiger partial charge on any atom is 0.269 e. The van der Waals surface area contributed by atoms with Gasteiger partial charge in [-0.15, -0.1) is 0 Å². The molecule has 0 unspecified atom stereocenters. The van der Waals surface area contributed by atoms with Gasteiger partial charge in [-0.2, -0.15) is 5.26 Å². The average Bonchev–Trinajstić information content (AvgIpc) is 2.72. The van der Waals surface area contributed by atoms with Crippen molar-refractivity contribution < 1.29 is 9.66 Å². The van der Waals surface area contributed by atoms with Crippen molar-refractivity contribution in [2.45, 2.75) is 13.5 Å². The SMILES string of the molecule is Cc1ccc(/C(C#N)=C\c2cc(I)c(OCc3cccc([N+](=O)[O-])c3)c(I)c2)cc1. The van der Waals surface area contributed by atoms with Gasteiger partial charge in [0.15, 0.2) is 0 Å². The van der Waals surface area contributed by atoms with Crippen molar-refractivity contribution in [1.29, 1.82) is 5.26 Å². The van der Waals surface area contributed by atoms with Crippen LogP contribution in [0.15, 0.2) is 60.7 Å². The molecule has 0 fully saturated rings. The molecule has 0 saturated heterocycles. The highest BCUT2D eigenvalue weighted by Crippen LogP contribution is 2.31. The summed E-state index contributed by atoms with van der Waals surface area (Å²) in [5.41, 5.74) is 4.28. The first-order chi connectivity index (χ1) is 14.4. The number of hydrogen-bond donors (Lipinski definition) is 0. The van der Waals surface area contributed by atoms with Gasteiger partial charge in [0.1, 0.15) is 12.4 Å². The molecule has 0 radical (unpaired) electrons. The summed E-state index contributed by atoms with van der Waals surface area (Å²) in [6, 6.07) is 20.4. The minimum absolute atomic E-state index is 0.0427. The first-order valence-corrected chi connectivity index (χ1v) is 11.1. The van der Waals surface area contributed by atoms with Crippen molar-refractivity contribution >= 4 is 62.5 Å². The van der Waals surface area contributed by atoms with E-state index in [1.54, 1.807) is 12.1 Å². The average molecular weight is 622 g/mol. The van der Waals surface area contributed by atoms with Gasteiger partial charge in [-0.05, 0) is 87.0 Å². The number of nitriles is 1. The van der Waals surface area contributed by atoms with Crippen LogP contribution in [0, 0.1) is 35.5 Å². The van der Waals surface area contributed by atoms with Gasteiger partial charge >= 0.3 is 0 Å². The second-order valence-corrected chi connectivity index (χ2v) is 8.89. The summed E-state index contributed by atoms with van der Waals surface area (Å²) in [6.07, 6.45) is 1.86. The lowest BCUT2D eigenvalue weighted by Gasteiger charge is -2.12. The van der Waals surface area contributed by atoms with E-state index in [-0.39, 0.29) is 12.3 Å². The molecule has 0 heterocycles. The van der Waals surface area contributed by atoms with Crippen LogP contribution in [-0.4, -0.2) is 4.92 Å². The number of nitro groups is 1. The number of ether oxygens (including phenoxy) is 1. The Balaban J connectivity index is 1.83. The van der Waals surface area contributed by atoms with Gasteiger partial charge in [0.2, 0.25) is 0 Å². The van der Waals surface area contributed by atoms with Crippen molar-refractivity contribution in [2.75, 3.05) is 0 Å². The maximum absolute atomic E-state index is 10.9. The highest BCUT2D eigenvalue weighted by Gasteiger charge is 2.11. The predicted octanol–water partition coefficient (Wildman–Crippen LogP) is 6.76. The molecule has 30 heavy (non-hydrogen) atoms. The van der Waals surface area contributed by atoms with Crippen LogP contribution < -0.4 is 4.74 Å². The standard InChI is InChI=1S/C23H16I2N2O3/c1-15-5-7-18(8-6-15)19(13-26)9-17-11-21(24)23(22(25)12-17)30-14-16-3-2-4-20(10-16)27(28)29/h2-12H,14H2,1H3/b19-9-. The summed E-state index contributed by atoms with van der Waals surface area (Å²) in [5.74, 6) is 0.716. The lowest BCUT2D eigenvalue weighted by Crippen LogP contribution is -2.00. The van der Waals surface area contributed by atoms with Crippen LogP contribution in [-0.2, 0) is 6.61 Å². The molecular formula is C23H16I2N2O3. The Bertz CT molecular complexity index is 1140. The molecule has 0 aliphatic heterocycles. The molecule has 0 saturated carbocycles. The molecule has 5 nitrogen and oxygen atoms in total. The third-order valence-corrected chi connectivity index (χ3v) is 5.92. The van der Waals surface area contributed by atoms with Crippen molar-refractivity contribution in [3.05, 3.63) is 100 Å². The van der Waals surface area contributed by atoms with E-state index in [1.807, 2.05) is 49.4 Å². The fourth-order valence-corrected chi connectivity index (χ4v) is 4.92. The molecule has 0 amide bonds. The van der Waals surface area contributed by atoms with E-state index in [2.05, 4.69) is 51.3 Å². The topological polar surface area (TPSA) is 76.2 Å². The van der Waals surface area contributed by atoms with Crippen LogP contribution in [0.1, 0.15) is 22.3 Å². The minimum atomic E-state index is -0.418. The molecule has 0 aromatic heterocycles. The lowest BCUT2D eigenvalue weighted by atomic mass is 10.0. The molecule has 0 atom stereocenters. The van der Waals surface area contributed by atoms with E-state index in [1.165, 1.54) is 12.1 Å². The molecule has 0 aliphatic rings. The summed E-state index contributed by atoms with van der Waals surface area (Å²) in [6.45, 7) is 2.24. The second-order valence-electron chi connectivity index (χ2n) is 6.57. The number of nitrogens with zero attached hydrogens (tertiary/aromatic N) is 2. The number of benzene rings is 3. The summed E-state index contributed by atoms with van der Waals surface area (Å²) < 4.78 is 7.75. The Morgan fingerprint density at radius 2 is 1.80 bits per heavy atom. The smallest absolute Gasteiger partial charge is 0.269 e. The number of nitro benzene ring substituents is 1. The molecule has 3 aromatic rings. The zero-order valence-corrected chi connectivity index (χ0v) is 20.2. The summed E-state index contributed by atoms with van der Waals surface area (Å²) in [5, 5.41) is 20.5. The van der Waals surface area contributed by atoms with Gasteiger partial charge < -0.3 is 4.74 Å². The number of halogens is 2. The highest BCUT2D eigenvalue weighted by atomic mass is 127. The molecule has 0 aliphatic carbocycles. The van der Waals surface area contributed by atoms with Crippen LogP contribution in [0.3, 0.4) is 0 Å². The number of hydrogen-bond acceptors (Lipinski definition) is 4. The highest BCUT2D eigenvalue weighted by molar-refractivity contribution is 14.1. The second kappa shape index (κ2) is 10.0. The summed E-state index contributed by atoms with van der Waals surface area (Å²) >= 11 is 4.40. The van der Waals surface area contributed by atoms with Crippen molar-refractivity contribution in [3.8, 4) is 11.8 Å². The number of allylic oxidation sites excluding steroid dienone is 1. The number of aryl methyl sites for hydroxylation is 1. The number of rotatable bonds is 6. The van der Waals surface area contributed by atoms with Gasteiger partial charge in [-0.3, -0.25) is 10.1 Å². The Morgan fingerprint density at radius 3 is 2.40 bits per heavy atom. The Labute approximate surface area is 201 Å². The van der Waals surface area contributed by atoms with Crippen LogP contribution in [0.25, 0.3) is 11.6 Å². The minimum Gasteiger partial charge on any atom is -0.487 e. The van der Waals surface area contributed by atoms with Crippen molar-refractivity contribution in [3.63, 3.8) is 0 Å². The fraction of sp³-hybridized carbons (Fsp3) is 0.0870. The van der Waals surface area contributed by atoms with E-state index in [0.29, 0.717) is 11.3 Å². The quantitative estimate of drug-likeness (QED) is 0.100. The van der Waals surface area contributed by atoms with E-state index in [9.17, 15) is 15.4 Å². The van der Waals surface area contributed by atoms with Gasteiger partial charge in [0.05, 0.1) is 23.7 Å². The molecule has 3 aromatic carbocycles. The zero-order valence-electron chi connectivity index (χ0n) is 15.9. The largest absolute Gasteiger partial charge is 0.487 e. The van der Waals surface area contributed by atoms with Crippen LogP contribution in [0.5, 0.6) is 5.75 Å². The number of non-ortho nitro benzene ring substituents is 1. The molecule has 0 N–H and O–H groups in total. The maximum atomic E-state index is 10.9. The molecule has 7 heteroatoms. The first-order valence-electron chi connectivity index (χ1n) is 8.91. The van der Waals surface area contributed by atoms with Crippen LogP contribution in [0.2, 0.25) is 0 Å². The summed E-state index contributed by atoms with van der Waals surface area (Å²) in [7, 11) is 0. The van der Waals surface area contributed by atoms with E-state index in [4.69, 9.17) is 4.74 Å². The molecule has 0 spiro atoms. The zero-order chi connectivity index (χ0) is 21.7. The fourth-order valence-electron chi connectivity index (χ4n) is 2.80.